The third-order valence-corrected chi connectivity index (χ3v) is 3.36. The van der Waals surface area contributed by atoms with E-state index < -0.39 is 12.0 Å². The fourth-order valence-electron chi connectivity index (χ4n) is 2.59. The van der Waals surface area contributed by atoms with Gasteiger partial charge in [-0.15, -0.1) is 0 Å². The van der Waals surface area contributed by atoms with Crippen molar-refractivity contribution in [1.82, 2.24) is 4.90 Å². The summed E-state index contributed by atoms with van der Waals surface area (Å²) in [6.07, 6.45) is 0.896. The van der Waals surface area contributed by atoms with E-state index in [2.05, 4.69) is 11.7 Å². The maximum atomic E-state index is 11.9. The Kier molecular flexibility index (Phi) is 2.31. The number of ketones is 1. The number of nitrogens with zero attached hydrogens (tertiary/aromatic N) is 1. The van der Waals surface area contributed by atoms with Crippen LogP contribution in [0.4, 0.5) is 0 Å². The van der Waals surface area contributed by atoms with Crippen molar-refractivity contribution in [3.05, 3.63) is 0 Å². The molecule has 3 fully saturated rings. The topological polar surface area (TPSA) is 46.6 Å². The molecule has 3 saturated heterocycles. The average molecular weight is 197 g/mol. The Bertz CT molecular complexity index is 277. The van der Waals surface area contributed by atoms with Gasteiger partial charge in [-0.05, 0) is 12.3 Å². The van der Waals surface area contributed by atoms with Crippen LogP contribution in [0.3, 0.4) is 0 Å². The van der Waals surface area contributed by atoms with Crippen LogP contribution in [0.25, 0.3) is 0 Å². The van der Waals surface area contributed by atoms with Crippen LogP contribution in [0, 0.1) is 11.8 Å². The lowest BCUT2D eigenvalue weighted by atomic mass is 9.75. The minimum atomic E-state index is -0.616. The predicted octanol–water partition coefficient (Wildman–Crippen LogP) is 0.0687. The van der Waals surface area contributed by atoms with Gasteiger partial charge in [0.15, 0.2) is 11.8 Å². The van der Waals surface area contributed by atoms with Crippen molar-refractivity contribution in [3.63, 3.8) is 0 Å². The van der Waals surface area contributed by atoms with Crippen LogP contribution in [0.2, 0.25) is 0 Å². The van der Waals surface area contributed by atoms with Crippen LogP contribution in [0.15, 0.2) is 0 Å². The minimum absolute atomic E-state index is 0.0573. The van der Waals surface area contributed by atoms with Crippen LogP contribution in [-0.2, 0) is 14.3 Å². The van der Waals surface area contributed by atoms with E-state index in [0.717, 1.165) is 19.5 Å². The molecule has 4 nitrogen and oxygen atoms in total. The molecule has 3 rings (SSSR count). The molecule has 4 atom stereocenters. The Morgan fingerprint density at radius 3 is 2.79 bits per heavy atom. The molecule has 0 aromatic carbocycles. The molecule has 0 saturated carbocycles. The Labute approximate surface area is 83.2 Å². The zero-order valence-electron chi connectivity index (χ0n) is 8.53. The summed E-state index contributed by atoms with van der Waals surface area (Å²) in [6.45, 7) is 3.76. The molecule has 3 aliphatic rings. The molecule has 2 bridgehead atoms. The van der Waals surface area contributed by atoms with Gasteiger partial charge in [-0.25, -0.2) is 4.79 Å². The second kappa shape index (κ2) is 3.35. The largest absolute Gasteiger partial charge is 0.468 e. The first kappa shape index (κ1) is 9.65. The zero-order valence-corrected chi connectivity index (χ0v) is 8.53. The van der Waals surface area contributed by atoms with Gasteiger partial charge in [0.25, 0.3) is 0 Å². The van der Waals surface area contributed by atoms with Crippen LogP contribution >= 0.6 is 0 Å². The quantitative estimate of drug-likeness (QED) is 0.441. The summed E-state index contributed by atoms with van der Waals surface area (Å²) in [7, 11) is 1.34. The molecule has 4 heteroatoms. The summed E-state index contributed by atoms with van der Waals surface area (Å²) in [4.78, 5) is 25.2. The first-order valence-electron chi connectivity index (χ1n) is 5.00. The molecular weight excluding hydrogens is 182 g/mol. The maximum Gasteiger partial charge on any atom is 0.330 e. The highest BCUT2D eigenvalue weighted by Crippen LogP contribution is 2.33. The number of ether oxygens (including phenoxy) is 1. The number of hydrogen-bond acceptors (Lipinski definition) is 4. The van der Waals surface area contributed by atoms with E-state index in [4.69, 9.17) is 0 Å². The van der Waals surface area contributed by atoms with Crippen LogP contribution in [-0.4, -0.2) is 42.9 Å². The summed E-state index contributed by atoms with van der Waals surface area (Å²) in [5.74, 6) is 0.120. The maximum absolute atomic E-state index is 11.9. The number of carbonyl (C=O) groups is 2. The SMILES string of the molecule is COC(=O)[C@H]1C(=O)[C@H]2CCN1C[C@H]2C. The highest BCUT2D eigenvalue weighted by Gasteiger charge is 2.48. The lowest BCUT2D eigenvalue weighted by Crippen LogP contribution is -2.61. The van der Waals surface area contributed by atoms with Crippen LogP contribution in [0.5, 0.6) is 0 Å². The third kappa shape index (κ3) is 1.25. The van der Waals surface area contributed by atoms with E-state index in [1.54, 1.807) is 0 Å². The standard InChI is InChI=1S/C10H15NO3/c1-6-5-11-4-3-7(6)9(12)8(11)10(13)14-2/h6-8H,3-5H2,1-2H3/t6-,7+,8-/m1/s1. The monoisotopic (exact) mass is 197 g/mol. The number of Topliss-reactive ketones (excluding diaryl/α,β-unsaturated/α-hetero) is 1. The molecule has 78 valence electrons. The van der Waals surface area contributed by atoms with Gasteiger partial charge in [-0.2, -0.15) is 0 Å². The second-order valence-electron chi connectivity index (χ2n) is 4.20. The highest BCUT2D eigenvalue weighted by molar-refractivity contribution is 6.05. The normalized spacial score (nSPS) is 41.1. The number of esters is 1. The van der Waals surface area contributed by atoms with E-state index in [9.17, 15) is 9.59 Å². The van der Waals surface area contributed by atoms with E-state index >= 15 is 0 Å². The van der Waals surface area contributed by atoms with Gasteiger partial charge in [-0.1, -0.05) is 6.92 Å². The minimum Gasteiger partial charge on any atom is -0.468 e. The number of carbonyl (C=O) groups excluding carboxylic acids is 2. The van der Waals surface area contributed by atoms with Crippen LogP contribution < -0.4 is 0 Å². The molecular formula is C10H15NO3. The Morgan fingerprint density at radius 1 is 1.57 bits per heavy atom. The van der Waals surface area contributed by atoms with Crippen molar-refractivity contribution >= 4 is 11.8 Å². The van der Waals surface area contributed by atoms with Gasteiger partial charge >= 0.3 is 5.97 Å². The number of methoxy groups -OCH3 is 1. The Hall–Kier alpha value is -0.900. The van der Waals surface area contributed by atoms with E-state index in [-0.39, 0.29) is 11.7 Å². The number of rotatable bonds is 1. The number of piperidine rings is 3. The third-order valence-electron chi connectivity index (χ3n) is 3.36. The molecule has 0 radical (unpaired) electrons. The molecule has 3 heterocycles. The lowest BCUT2D eigenvalue weighted by Gasteiger charge is -2.46. The van der Waals surface area contributed by atoms with Gasteiger partial charge in [-0.3, -0.25) is 9.69 Å². The Balaban J connectivity index is 2.21. The van der Waals surface area contributed by atoms with E-state index in [1.165, 1.54) is 7.11 Å². The van der Waals surface area contributed by atoms with Gasteiger partial charge in [0.1, 0.15) is 0 Å². The second-order valence-corrected chi connectivity index (χ2v) is 4.20. The summed E-state index contributed by atoms with van der Waals surface area (Å²) < 4.78 is 4.65. The van der Waals surface area contributed by atoms with Gasteiger partial charge < -0.3 is 4.74 Å². The van der Waals surface area contributed by atoms with Gasteiger partial charge in [0, 0.05) is 19.0 Å². The smallest absolute Gasteiger partial charge is 0.330 e. The molecule has 0 aromatic heterocycles. The fraction of sp³-hybridized carbons (Fsp3) is 0.800. The molecule has 0 N–H and O–H groups in total. The van der Waals surface area contributed by atoms with E-state index in [0.29, 0.717) is 5.92 Å². The zero-order chi connectivity index (χ0) is 10.3. The lowest BCUT2D eigenvalue weighted by molar-refractivity contribution is -0.160. The molecule has 0 spiro atoms. The molecule has 14 heavy (non-hydrogen) atoms. The molecule has 1 unspecified atom stereocenters. The van der Waals surface area contributed by atoms with Crippen molar-refractivity contribution in [3.8, 4) is 0 Å². The van der Waals surface area contributed by atoms with Gasteiger partial charge in [0.05, 0.1) is 7.11 Å². The first-order valence-corrected chi connectivity index (χ1v) is 5.00. The van der Waals surface area contributed by atoms with Crippen molar-refractivity contribution in [1.29, 1.82) is 0 Å². The average Bonchev–Trinajstić information content (AvgIpc) is 2.17. The van der Waals surface area contributed by atoms with Crippen molar-refractivity contribution < 1.29 is 14.3 Å². The fourth-order valence-corrected chi connectivity index (χ4v) is 2.59. The molecule has 0 aliphatic carbocycles. The van der Waals surface area contributed by atoms with Crippen molar-refractivity contribution in [2.75, 3.05) is 20.2 Å². The number of hydrogen-bond donors (Lipinski definition) is 0. The first-order chi connectivity index (χ1) is 6.65. The van der Waals surface area contributed by atoms with Gasteiger partial charge in [0.2, 0.25) is 0 Å². The number of fused-ring (bicyclic) bond motifs is 3. The van der Waals surface area contributed by atoms with Crippen molar-refractivity contribution in [2.45, 2.75) is 19.4 Å². The Morgan fingerprint density at radius 2 is 2.29 bits per heavy atom. The van der Waals surface area contributed by atoms with Crippen LogP contribution in [0.1, 0.15) is 13.3 Å². The summed E-state index contributed by atoms with van der Waals surface area (Å²) in [5.41, 5.74) is 0. The van der Waals surface area contributed by atoms with Crippen molar-refractivity contribution in [2.24, 2.45) is 11.8 Å². The summed E-state index contributed by atoms with van der Waals surface area (Å²) in [5, 5.41) is 0. The van der Waals surface area contributed by atoms with E-state index in [1.807, 2.05) is 4.90 Å². The summed E-state index contributed by atoms with van der Waals surface area (Å²) >= 11 is 0. The highest BCUT2D eigenvalue weighted by atomic mass is 16.5. The molecule has 0 amide bonds. The molecule has 0 aromatic rings. The summed E-state index contributed by atoms with van der Waals surface area (Å²) in [6, 6.07) is -0.616. The molecule has 3 aliphatic heterocycles. The predicted molar refractivity (Wildman–Crippen MR) is 49.7 cm³/mol.